The van der Waals surface area contributed by atoms with Crippen LogP contribution in [0.3, 0.4) is 0 Å². The number of nitrogens with two attached hydrogens (primary N) is 1. The number of para-hydroxylation sites is 2. The zero-order chi connectivity index (χ0) is 18.2. The SMILES string of the molecule is Nc1nc2ccccc2n1C1CC(Oc2ncccc2C2CCOCC2)C1. The number of benzene rings is 1. The Morgan fingerprint density at radius 2 is 1.89 bits per heavy atom. The Balaban J connectivity index is 1.30. The van der Waals surface area contributed by atoms with Crippen molar-refractivity contribution in [3.05, 3.63) is 48.2 Å². The normalized spacial score (nSPS) is 23.3. The summed E-state index contributed by atoms with van der Waals surface area (Å²) in [7, 11) is 0. The number of hydrogen-bond donors (Lipinski definition) is 1. The van der Waals surface area contributed by atoms with Gasteiger partial charge in [-0.25, -0.2) is 9.97 Å². The molecule has 0 spiro atoms. The monoisotopic (exact) mass is 364 g/mol. The van der Waals surface area contributed by atoms with E-state index in [2.05, 4.69) is 26.7 Å². The van der Waals surface area contributed by atoms with Crippen molar-refractivity contribution in [2.24, 2.45) is 0 Å². The molecule has 0 bridgehead atoms. The van der Waals surface area contributed by atoms with Crippen LogP contribution in [-0.2, 0) is 4.74 Å². The van der Waals surface area contributed by atoms with E-state index in [9.17, 15) is 0 Å². The van der Waals surface area contributed by atoms with Crippen LogP contribution in [0.25, 0.3) is 11.0 Å². The van der Waals surface area contributed by atoms with Gasteiger partial charge in [0, 0.05) is 43.9 Å². The van der Waals surface area contributed by atoms with Gasteiger partial charge in [0.15, 0.2) is 0 Å². The van der Waals surface area contributed by atoms with Crippen molar-refractivity contribution in [3.63, 3.8) is 0 Å². The van der Waals surface area contributed by atoms with Crippen LogP contribution in [0, 0.1) is 0 Å². The van der Waals surface area contributed by atoms with E-state index >= 15 is 0 Å². The maximum Gasteiger partial charge on any atom is 0.217 e. The van der Waals surface area contributed by atoms with Crippen molar-refractivity contribution >= 4 is 17.0 Å². The predicted molar refractivity (Wildman–Crippen MR) is 104 cm³/mol. The molecule has 5 rings (SSSR count). The van der Waals surface area contributed by atoms with Gasteiger partial charge < -0.3 is 19.8 Å². The highest BCUT2D eigenvalue weighted by molar-refractivity contribution is 5.78. The van der Waals surface area contributed by atoms with E-state index in [0.29, 0.717) is 17.9 Å². The minimum atomic E-state index is 0.170. The Kier molecular flexibility index (Phi) is 4.20. The number of pyridine rings is 1. The molecule has 1 saturated carbocycles. The highest BCUT2D eigenvalue weighted by Gasteiger charge is 2.35. The van der Waals surface area contributed by atoms with Gasteiger partial charge in [-0.1, -0.05) is 18.2 Å². The molecule has 2 N–H and O–H groups in total. The highest BCUT2D eigenvalue weighted by Crippen LogP contribution is 2.40. The summed E-state index contributed by atoms with van der Waals surface area (Å²) in [5, 5.41) is 0. The summed E-state index contributed by atoms with van der Waals surface area (Å²) in [6.07, 6.45) is 5.90. The number of fused-ring (bicyclic) bond motifs is 1. The fraction of sp³-hybridized carbons (Fsp3) is 0.429. The van der Waals surface area contributed by atoms with Crippen molar-refractivity contribution < 1.29 is 9.47 Å². The van der Waals surface area contributed by atoms with E-state index in [0.717, 1.165) is 55.8 Å². The van der Waals surface area contributed by atoms with Crippen LogP contribution in [0.5, 0.6) is 5.88 Å². The number of aromatic nitrogens is 3. The van der Waals surface area contributed by atoms with Gasteiger partial charge in [0.05, 0.1) is 11.0 Å². The molecule has 3 heterocycles. The van der Waals surface area contributed by atoms with E-state index in [1.165, 1.54) is 5.56 Å². The van der Waals surface area contributed by atoms with Crippen LogP contribution in [-0.4, -0.2) is 33.9 Å². The van der Waals surface area contributed by atoms with Crippen LogP contribution in [0.2, 0.25) is 0 Å². The van der Waals surface area contributed by atoms with E-state index in [-0.39, 0.29) is 6.10 Å². The smallest absolute Gasteiger partial charge is 0.217 e. The Morgan fingerprint density at radius 3 is 2.74 bits per heavy atom. The van der Waals surface area contributed by atoms with Crippen LogP contribution in [0.4, 0.5) is 5.95 Å². The van der Waals surface area contributed by atoms with Crippen LogP contribution in [0.1, 0.15) is 43.2 Å². The van der Waals surface area contributed by atoms with Gasteiger partial charge in [-0.3, -0.25) is 0 Å². The van der Waals surface area contributed by atoms with Crippen molar-refractivity contribution in [3.8, 4) is 5.88 Å². The van der Waals surface area contributed by atoms with Gasteiger partial charge in [-0.15, -0.1) is 0 Å². The third kappa shape index (κ3) is 3.04. The average molecular weight is 364 g/mol. The summed E-state index contributed by atoms with van der Waals surface area (Å²) in [6.45, 7) is 1.63. The second-order valence-corrected chi connectivity index (χ2v) is 7.48. The number of ether oxygens (including phenoxy) is 2. The first-order valence-corrected chi connectivity index (χ1v) is 9.71. The Bertz CT molecular complexity index is 942. The first kappa shape index (κ1) is 16.6. The van der Waals surface area contributed by atoms with E-state index in [4.69, 9.17) is 15.2 Å². The quantitative estimate of drug-likeness (QED) is 0.764. The Morgan fingerprint density at radius 1 is 1.07 bits per heavy atom. The molecule has 1 aromatic carbocycles. The summed E-state index contributed by atoms with van der Waals surface area (Å²) in [5.74, 6) is 1.85. The number of hydrogen-bond acceptors (Lipinski definition) is 5. The van der Waals surface area contributed by atoms with Crippen LogP contribution in [0.15, 0.2) is 42.6 Å². The minimum Gasteiger partial charge on any atom is -0.474 e. The van der Waals surface area contributed by atoms with Crippen molar-refractivity contribution in [1.29, 1.82) is 0 Å². The molecule has 0 amide bonds. The summed E-state index contributed by atoms with van der Waals surface area (Å²) >= 11 is 0. The van der Waals surface area contributed by atoms with Gasteiger partial charge in [-0.05, 0) is 37.0 Å². The molecule has 2 aromatic heterocycles. The van der Waals surface area contributed by atoms with E-state index in [1.54, 1.807) is 0 Å². The highest BCUT2D eigenvalue weighted by atomic mass is 16.5. The lowest BCUT2D eigenvalue weighted by atomic mass is 9.88. The third-order valence-electron chi connectivity index (χ3n) is 5.80. The Hall–Kier alpha value is -2.60. The topological polar surface area (TPSA) is 75.2 Å². The molecule has 27 heavy (non-hydrogen) atoms. The van der Waals surface area contributed by atoms with Crippen molar-refractivity contribution in [2.75, 3.05) is 18.9 Å². The number of imidazole rings is 1. The second-order valence-electron chi connectivity index (χ2n) is 7.48. The maximum absolute atomic E-state index is 6.29. The summed E-state index contributed by atoms with van der Waals surface area (Å²) in [5.41, 5.74) is 9.44. The van der Waals surface area contributed by atoms with Crippen molar-refractivity contribution in [1.82, 2.24) is 14.5 Å². The minimum absolute atomic E-state index is 0.170. The van der Waals surface area contributed by atoms with Gasteiger partial charge in [-0.2, -0.15) is 0 Å². The molecule has 2 fully saturated rings. The van der Waals surface area contributed by atoms with Crippen LogP contribution >= 0.6 is 0 Å². The number of nitrogen functional groups attached to an aromatic ring is 1. The molecule has 3 aromatic rings. The first-order valence-electron chi connectivity index (χ1n) is 9.71. The standard InChI is InChI=1S/C21H24N4O2/c22-21-24-18-5-1-2-6-19(18)25(21)15-12-16(13-15)27-20-17(4-3-9-23-20)14-7-10-26-11-8-14/h1-6,9,14-16H,7-8,10-13H2,(H2,22,24). The van der Waals surface area contributed by atoms with Crippen LogP contribution < -0.4 is 10.5 Å². The molecule has 1 aliphatic carbocycles. The zero-order valence-corrected chi connectivity index (χ0v) is 15.3. The zero-order valence-electron chi connectivity index (χ0n) is 15.3. The number of rotatable bonds is 4. The molecule has 0 radical (unpaired) electrons. The lowest BCUT2D eigenvalue weighted by Crippen LogP contribution is -2.36. The van der Waals surface area contributed by atoms with Gasteiger partial charge in [0.25, 0.3) is 0 Å². The molecule has 1 saturated heterocycles. The molecule has 2 aliphatic rings. The van der Waals surface area contributed by atoms with Gasteiger partial charge in [0.2, 0.25) is 11.8 Å². The lowest BCUT2D eigenvalue weighted by molar-refractivity contribution is 0.0630. The summed E-state index contributed by atoms with van der Waals surface area (Å²) in [4.78, 5) is 9.00. The van der Waals surface area contributed by atoms with Gasteiger partial charge >= 0.3 is 0 Å². The molecule has 6 heteroatoms. The summed E-state index contributed by atoms with van der Waals surface area (Å²) < 4.78 is 13.9. The molecule has 0 atom stereocenters. The molecule has 140 valence electrons. The average Bonchev–Trinajstić information content (AvgIpc) is 3.01. The first-order chi connectivity index (χ1) is 13.3. The molecule has 0 unspecified atom stereocenters. The van der Waals surface area contributed by atoms with E-state index in [1.807, 2.05) is 30.5 Å². The lowest BCUT2D eigenvalue weighted by Gasteiger charge is -2.37. The van der Waals surface area contributed by atoms with E-state index < -0.39 is 0 Å². The number of anilines is 1. The number of nitrogens with zero attached hydrogens (tertiary/aromatic N) is 3. The molecular formula is C21H24N4O2. The third-order valence-corrected chi connectivity index (χ3v) is 5.80. The molecular weight excluding hydrogens is 340 g/mol. The fourth-order valence-corrected chi connectivity index (χ4v) is 4.27. The molecule has 1 aliphatic heterocycles. The predicted octanol–water partition coefficient (Wildman–Crippen LogP) is 3.69. The molecule has 6 nitrogen and oxygen atoms in total. The largest absolute Gasteiger partial charge is 0.474 e. The van der Waals surface area contributed by atoms with Gasteiger partial charge in [0.1, 0.15) is 6.10 Å². The second kappa shape index (κ2) is 6.85. The Labute approximate surface area is 158 Å². The van der Waals surface area contributed by atoms with Crippen molar-refractivity contribution in [2.45, 2.75) is 43.7 Å². The maximum atomic E-state index is 6.29. The fourth-order valence-electron chi connectivity index (χ4n) is 4.27. The summed E-state index contributed by atoms with van der Waals surface area (Å²) in [6, 6.07) is 12.6.